The Morgan fingerprint density at radius 2 is 1.80 bits per heavy atom. The van der Waals surface area contributed by atoms with Crippen molar-refractivity contribution in [2.45, 2.75) is 46.3 Å². The van der Waals surface area contributed by atoms with Gasteiger partial charge in [-0.3, -0.25) is 4.79 Å². The van der Waals surface area contributed by atoms with Crippen LogP contribution in [-0.2, 0) is 4.79 Å². The Balaban J connectivity index is 2.08. The van der Waals surface area contributed by atoms with E-state index in [0.29, 0.717) is 11.5 Å². The van der Waals surface area contributed by atoms with E-state index >= 15 is 0 Å². The SMILES string of the molecule is CC[C@@H](NC(=O)[C@@H](C)Oc1ccccc1OC)c1ccc(C)cc1C. The molecule has 0 aliphatic carbocycles. The molecule has 2 rings (SSSR count). The molecular formula is C21H27NO3. The van der Waals surface area contributed by atoms with Gasteiger partial charge in [-0.1, -0.05) is 42.8 Å². The van der Waals surface area contributed by atoms with Crippen LogP contribution in [0.1, 0.15) is 43.0 Å². The summed E-state index contributed by atoms with van der Waals surface area (Å²) in [6.07, 6.45) is 0.202. The fraction of sp³-hybridized carbons (Fsp3) is 0.381. The lowest BCUT2D eigenvalue weighted by molar-refractivity contribution is -0.128. The number of carbonyl (C=O) groups is 1. The van der Waals surface area contributed by atoms with Gasteiger partial charge in [-0.05, 0) is 50.5 Å². The van der Waals surface area contributed by atoms with E-state index in [0.717, 1.165) is 12.0 Å². The molecule has 0 spiro atoms. The van der Waals surface area contributed by atoms with Crippen molar-refractivity contribution in [3.8, 4) is 11.5 Å². The minimum absolute atomic E-state index is 0.0307. The molecule has 1 amide bonds. The predicted octanol–water partition coefficient (Wildman–Crippen LogP) is 4.35. The normalized spacial score (nSPS) is 13.0. The standard InChI is InChI=1S/C21H27NO3/c1-6-18(17-12-11-14(2)13-15(17)3)22-21(23)16(4)25-20-10-8-7-9-19(20)24-5/h7-13,16,18H,6H2,1-5H3,(H,22,23)/t16-,18-/m1/s1. The summed E-state index contributed by atoms with van der Waals surface area (Å²) in [6, 6.07) is 13.6. The molecule has 1 N–H and O–H groups in total. The Hall–Kier alpha value is -2.49. The maximum atomic E-state index is 12.6. The van der Waals surface area contributed by atoms with Crippen molar-refractivity contribution in [3.05, 3.63) is 59.2 Å². The number of ether oxygens (including phenoxy) is 2. The summed E-state index contributed by atoms with van der Waals surface area (Å²) in [5.41, 5.74) is 3.55. The van der Waals surface area contributed by atoms with Gasteiger partial charge in [0.1, 0.15) is 0 Å². The first-order chi connectivity index (χ1) is 12.0. The highest BCUT2D eigenvalue weighted by Crippen LogP contribution is 2.27. The molecule has 0 fully saturated rings. The minimum Gasteiger partial charge on any atom is -0.493 e. The predicted molar refractivity (Wildman–Crippen MR) is 100 cm³/mol. The van der Waals surface area contributed by atoms with Crippen molar-refractivity contribution in [1.82, 2.24) is 5.32 Å². The number of hydrogen-bond donors (Lipinski definition) is 1. The largest absolute Gasteiger partial charge is 0.493 e. The molecule has 2 aromatic carbocycles. The zero-order valence-corrected chi connectivity index (χ0v) is 15.6. The van der Waals surface area contributed by atoms with Gasteiger partial charge < -0.3 is 14.8 Å². The Morgan fingerprint density at radius 1 is 1.12 bits per heavy atom. The molecule has 4 nitrogen and oxygen atoms in total. The molecule has 0 aliphatic rings. The van der Waals surface area contributed by atoms with E-state index in [-0.39, 0.29) is 11.9 Å². The summed E-state index contributed by atoms with van der Waals surface area (Å²) >= 11 is 0. The van der Waals surface area contributed by atoms with Gasteiger partial charge in [-0.2, -0.15) is 0 Å². The van der Waals surface area contributed by atoms with Crippen LogP contribution in [0.2, 0.25) is 0 Å². The number of rotatable bonds is 7. The zero-order valence-electron chi connectivity index (χ0n) is 15.6. The summed E-state index contributed by atoms with van der Waals surface area (Å²) in [7, 11) is 1.58. The highest BCUT2D eigenvalue weighted by atomic mass is 16.5. The molecule has 0 bridgehead atoms. The highest BCUT2D eigenvalue weighted by Gasteiger charge is 2.21. The smallest absolute Gasteiger partial charge is 0.261 e. The van der Waals surface area contributed by atoms with Crippen molar-refractivity contribution in [1.29, 1.82) is 0 Å². The van der Waals surface area contributed by atoms with Gasteiger partial charge in [0.25, 0.3) is 5.91 Å². The van der Waals surface area contributed by atoms with Crippen LogP contribution in [-0.4, -0.2) is 19.1 Å². The van der Waals surface area contributed by atoms with Gasteiger partial charge in [-0.25, -0.2) is 0 Å². The summed E-state index contributed by atoms with van der Waals surface area (Å²) in [4.78, 5) is 12.6. The van der Waals surface area contributed by atoms with E-state index < -0.39 is 6.10 Å². The van der Waals surface area contributed by atoms with Crippen LogP contribution < -0.4 is 14.8 Å². The number of carbonyl (C=O) groups excluding carboxylic acids is 1. The van der Waals surface area contributed by atoms with Crippen molar-refractivity contribution in [2.75, 3.05) is 7.11 Å². The maximum absolute atomic E-state index is 12.6. The van der Waals surface area contributed by atoms with Crippen molar-refractivity contribution in [3.63, 3.8) is 0 Å². The molecule has 0 radical (unpaired) electrons. The third kappa shape index (κ3) is 4.75. The molecular weight excluding hydrogens is 314 g/mol. The van der Waals surface area contributed by atoms with Crippen LogP contribution in [0.4, 0.5) is 0 Å². The van der Waals surface area contributed by atoms with Gasteiger partial charge in [0.05, 0.1) is 13.2 Å². The van der Waals surface area contributed by atoms with E-state index in [1.165, 1.54) is 11.1 Å². The minimum atomic E-state index is -0.615. The first kappa shape index (κ1) is 18.8. The zero-order chi connectivity index (χ0) is 18.4. The van der Waals surface area contributed by atoms with Gasteiger partial charge in [0.2, 0.25) is 0 Å². The van der Waals surface area contributed by atoms with E-state index in [2.05, 4.69) is 44.3 Å². The molecule has 2 atom stereocenters. The van der Waals surface area contributed by atoms with Crippen LogP contribution >= 0.6 is 0 Å². The van der Waals surface area contributed by atoms with Crippen LogP contribution in [0, 0.1) is 13.8 Å². The van der Waals surface area contributed by atoms with Crippen LogP contribution in [0.3, 0.4) is 0 Å². The lowest BCUT2D eigenvalue weighted by Gasteiger charge is -2.23. The van der Waals surface area contributed by atoms with Crippen LogP contribution in [0.15, 0.2) is 42.5 Å². The fourth-order valence-corrected chi connectivity index (χ4v) is 2.87. The van der Waals surface area contributed by atoms with Crippen LogP contribution in [0.5, 0.6) is 11.5 Å². The first-order valence-electron chi connectivity index (χ1n) is 8.63. The summed E-state index contributed by atoms with van der Waals surface area (Å²) in [6.45, 7) is 7.96. The monoisotopic (exact) mass is 341 g/mol. The average Bonchev–Trinajstić information content (AvgIpc) is 2.60. The highest BCUT2D eigenvalue weighted by molar-refractivity contribution is 5.81. The average molecular weight is 341 g/mol. The number of nitrogens with one attached hydrogen (secondary N) is 1. The molecule has 2 aromatic rings. The van der Waals surface area contributed by atoms with E-state index in [1.54, 1.807) is 20.1 Å². The molecule has 25 heavy (non-hydrogen) atoms. The molecule has 0 saturated carbocycles. The number of hydrogen-bond acceptors (Lipinski definition) is 3. The summed E-state index contributed by atoms with van der Waals surface area (Å²) < 4.78 is 11.1. The second kappa shape index (κ2) is 8.56. The molecule has 4 heteroatoms. The number of para-hydroxylation sites is 2. The van der Waals surface area contributed by atoms with Crippen LogP contribution in [0.25, 0.3) is 0 Å². The quantitative estimate of drug-likeness (QED) is 0.814. The van der Waals surface area contributed by atoms with Gasteiger partial charge >= 0.3 is 0 Å². The number of amides is 1. The fourth-order valence-electron chi connectivity index (χ4n) is 2.87. The molecule has 0 aromatic heterocycles. The molecule has 0 unspecified atom stereocenters. The number of methoxy groups -OCH3 is 1. The van der Waals surface area contributed by atoms with Crippen molar-refractivity contribution in [2.24, 2.45) is 0 Å². The third-order valence-corrected chi connectivity index (χ3v) is 4.27. The number of aryl methyl sites for hydroxylation is 2. The van der Waals surface area contributed by atoms with Gasteiger partial charge in [0.15, 0.2) is 17.6 Å². The Morgan fingerprint density at radius 3 is 2.40 bits per heavy atom. The van der Waals surface area contributed by atoms with Crippen molar-refractivity contribution >= 4 is 5.91 Å². The van der Waals surface area contributed by atoms with E-state index in [9.17, 15) is 4.79 Å². The molecule has 134 valence electrons. The Labute approximate surface area is 150 Å². The molecule has 0 heterocycles. The lowest BCUT2D eigenvalue weighted by Crippen LogP contribution is -2.38. The lowest BCUT2D eigenvalue weighted by atomic mass is 9.97. The van der Waals surface area contributed by atoms with Gasteiger partial charge in [0, 0.05) is 0 Å². The maximum Gasteiger partial charge on any atom is 0.261 e. The van der Waals surface area contributed by atoms with E-state index in [4.69, 9.17) is 9.47 Å². The first-order valence-corrected chi connectivity index (χ1v) is 8.63. The van der Waals surface area contributed by atoms with Crippen molar-refractivity contribution < 1.29 is 14.3 Å². The topological polar surface area (TPSA) is 47.6 Å². The third-order valence-electron chi connectivity index (χ3n) is 4.27. The van der Waals surface area contributed by atoms with Gasteiger partial charge in [-0.15, -0.1) is 0 Å². The summed E-state index contributed by atoms with van der Waals surface area (Å²) in [5.74, 6) is 1.04. The Bertz CT molecular complexity index is 727. The number of benzene rings is 2. The molecule has 0 saturated heterocycles. The second-order valence-corrected chi connectivity index (χ2v) is 6.24. The second-order valence-electron chi connectivity index (χ2n) is 6.24. The molecule has 0 aliphatic heterocycles. The summed E-state index contributed by atoms with van der Waals surface area (Å²) in [5, 5.41) is 3.10. The van der Waals surface area contributed by atoms with E-state index in [1.807, 2.05) is 18.2 Å². The Kier molecular flexibility index (Phi) is 6.45.